The van der Waals surface area contributed by atoms with Crippen molar-refractivity contribution in [1.82, 2.24) is 0 Å². The van der Waals surface area contributed by atoms with Crippen LogP contribution in [0.3, 0.4) is 0 Å². The number of hydrogen-bond donors (Lipinski definition) is 1. The molecule has 1 N–H and O–H groups in total. The molecule has 0 heterocycles. The summed E-state index contributed by atoms with van der Waals surface area (Å²) in [5.74, 6) is -2.14. The minimum Gasteiger partial charge on any atom is -0.385 e. The second-order valence-corrected chi connectivity index (χ2v) is 16.9. The first-order chi connectivity index (χ1) is 18.1. The second-order valence-electron chi connectivity index (χ2n) is 12.5. The Morgan fingerprint density at radius 3 is 2.16 bits per heavy atom. The van der Waals surface area contributed by atoms with Gasteiger partial charge in [-0.2, -0.15) is 0 Å². The molecular formula is C30H30O6S2. The van der Waals surface area contributed by atoms with Crippen LogP contribution < -0.4 is 0 Å². The molecule has 0 amide bonds. The molecule has 0 aromatic heterocycles. The summed E-state index contributed by atoms with van der Waals surface area (Å²) in [5.41, 5.74) is -1.45. The fourth-order valence-electron chi connectivity index (χ4n) is 11.3. The Balaban J connectivity index is 1.26. The molecule has 6 nitrogen and oxygen atoms in total. The lowest BCUT2D eigenvalue weighted by molar-refractivity contribution is -0.132. The molecule has 2 aromatic carbocycles. The van der Waals surface area contributed by atoms with E-state index >= 15 is 0 Å². The summed E-state index contributed by atoms with van der Waals surface area (Å²) in [6.45, 7) is 4.01. The number of carbonyl (C=O) groups is 1. The molecule has 38 heavy (non-hydrogen) atoms. The molecule has 8 heteroatoms. The minimum absolute atomic E-state index is 0.00544. The van der Waals surface area contributed by atoms with E-state index in [-0.39, 0.29) is 69.2 Å². The zero-order valence-electron chi connectivity index (χ0n) is 20.8. The van der Waals surface area contributed by atoms with Crippen LogP contribution in [0.25, 0.3) is 0 Å². The summed E-state index contributed by atoms with van der Waals surface area (Å²) in [5, 5.41) is 12.4. The van der Waals surface area contributed by atoms with Gasteiger partial charge in [0, 0.05) is 17.8 Å². The van der Waals surface area contributed by atoms with Gasteiger partial charge in [-0.05, 0) is 78.5 Å². The number of fused-ring (bicyclic) bond motifs is 3. The fourth-order valence-corrected chi connectivity index (χ4v) is 15.3. The van der Waals surface area contributed by atoms with E-state index in [2.05, 4.69) is 6.58 Å². The van der Waals surface area contributed by atoms with Gasteiger partial charge >= 0.3 is 0 Å². The van der Waals surface area contributed by atoms with E-state index in [1.54, 1.807) is 66.7 Å². The van der Waals surface area contributed by atoms with Crippen molar-refractivity contribution in [2.75, 3.05) is 5.75 Å². The molecule has 6 aliphatic rings. The van der Waals surface area contributed by atoms with Gasteiger partial charge in [-0.1, -0.05) is 42.5 Å². The van der Waals surface area contributed by atoms with E-state index < -0.39 is 47.8 Å². The maximum absolute atomic E-state index is 14.5. The van der Waals surface area contributed by atoms with Crippen LogP contribution in [0.1, 0.15) is 12.8 Å². The smallest absolute Gasteiger partial charge is 0.185 e. The van der Waals surface area contributed by atoms with Gasteiger partial charge in [-0.3, -0.25) is 4.79 Å². The van der Waals surface area contributed by atoms with Crippen LogP contribution in [-0.4, -0.2) is 43.8 Å². The molecule has 12 atom stereocenters. The maximum atomic E-state index is 14.5. The summed E-state index contributed by atoms with van der Waals surface area (Å²) in [7, 11) is -7.49. The van der Waals surface area contributed by atoms with Gasteiger partial charge in [0.25, 0.3) is 0 Å². The lowest BCUT2D eigenvalue weighted by atomic mass is 9.63. The lowest BCUT2D eigenvalue weighted by Gasteiger charge is -2.49. The van der Waals surface area contributed by atoms with Crippen LogP contribution in [0.5, 0.6) is 0 Å². The van der Waals surface area contributed by atoms with Gasteiger partial charge in [0.2, 0.25) is 0 Å². The Morgan fingerprint density at radius 1 is 0.895 bits per heavy atom. The van der Waals surface area contributed by atoms with Crippen molar-refractivity contribution in [2.24, 2.45) is 59.2 Å². The number of sulfone groups is 2. The summed E-state index contributed by atoms with van der Waals surface area (Å²) in [6, 6.07) is 16.7. The van der Waals surface area contributed by atoms with Crippen molar-refractivity contribution in [3.63, 3.8) is 0 Å². The first kappa shape index (κ1) is 23.6. The predicted octanol–water partition coefficient (Wildman–Crippen LogP) is 3.18. The number of carbonyl (C=O) groups excluding carboxylic acids is 1. The summed E-state index contributed by atoms with van der Waals surface area (Å²) in [6.07, 6.45) is 2.25. The van der Waals surface area contributed by atoms with Crippen LogP contribution >= 0.6 is 0 Å². The number of aliphatic hydroxyl groups is 1. The van der Waals surface area contributed by atoms with E-state index in [0.29, 0.717) is 6.42 Å². The van der Waals surface area contributed by atoms with Crippen LogP contribution in [0.4, 0.5) is 0 Å². The maximum Gasteiger partial charge on any atom is 0.185 e. The van der Waals surface area contributed by atoms with Gasteiger partial charge < -0.3 is 5.11 Å². The third-order valence-corrected chi connectivity index (χ3v) is 16.2. The predicted molar refractivity (Wildman–Crippen MR) is 139 cm³/mol. The highest BCUT2D eigenvalue weighted by atomic mass is 32.2. The molecule has 0 aliphatic heterocycles. The molecule has 6 aliphatic carbocycles. The normalized spacial score (nSPS) is 46.9. The van der Waals surface area contributed by atoms with Gasteiger partial charge in [0.15, 0.2) is 19.7 Å². The van der Waals surface area contributed by atoms with Gasteiger partial charge in [0.05, 0.1) is 25.9 Å². The van der Waals surface area contributed by atoms with Crippen LogP contribution in [0.2, 0.25) is 0 Å². The molecule has 0 spiro atoms. The Hall–Kier alpha value is -2.29. The van der Waals surface area contributed by atoms with Crippen molar-refractivity contribution in [2.45, 2.75) is 33.0 Å². The van der Waals surface area contributed by atoms with E-state index in [0.717, 1.165) is 0 Å². The summed E-state index contributed by atoms with van der Waals surface area (Å²) >= 11 is 0. The van der Waals surface area contributed by atoms with E-state index in [1.807, 2.05) is 0 Å². The number of ketones is 1. The zero-order valence-corrected chi connectivity index (χ0v) is 22.4. The number of Topliss-reactive ketones (excluding diaryl/α,β-unsaturated/α-hetero) is 1. The van der Waals surface area contributed by atoms with Crippen molar-refractivity contribution in [3.05, 3.63) is 73.3 Å². The van der Waals surface area contributed by atoms with Crippen LogP contribution in [-0.2, 0) is 24.5 Å². The Bertz CT molecular complexity index is 1600. The van der Waals surface area contributed by atoms with E-state index in [1.165, 1.54) is 0 Å². The van der Waals surface area contributed by atoms with Crippen molar-refractivity contribution >= 4 is 25.5 Å². The highest BCUT2D eigenvalue weighted by Crippen LogP contribution is 2.87. The molecule has 2 aromatic rings. The number of rotatable bonds is 7. The molecule has 198 valence electrons. The average molecular weight is 551 g/mol. The molecule has 6 saturated carbocycles. The molecular weight excluding hydrogens is 520 g/mol. The zero-order chi connectivity index (χ0) is 26.4. The van der Waals surface area contributed by atoms with Crippen LogP contribution in [0, 0.1) is 59.2 Å². The monoisotopic (exact) mass is 550 g/mol. The molecule has 8 rings (SSSR count). The molecule has 2 bridgehead atoms. The van der Waals surface area contributed by atoms with E-state index in [9.17, 15) is 26.7 Å². The SMILES string of the molecule is C=C[C@]1(O)[C@@H]2[C@H](CCS(=O)(=O)c3ccccc3)[C@@H]3C(=O)[C@@H]4[C@@H]5[C@H]6C[C@@]4(S(=O)(=O)c4ccccc4)[C@@H]1[C@@H]6[C@@H]2[C@@H]35. The van der Waals surface area contributed by atoms with Crippen molar-refractivity contribution in [1.29, 1.82) is 0 Å². The van der Waals surface area contributed by atoms with Crippen molar-refractivity contribution < 1.29 is 26.7 Å². The largest absolute Gasteiger partial charge is 0.385 e. The molecule has 0 radical (unpaired) electrons. The second kappa shape index (κ2) is 7.07. The van der Waals surface area contributed by atoms with Gasteiger partial charge in [0.1, 0.15) is 5.78 Å². The quantitative estimate of drug-likeness (QED) is 0.531. The van der Waals surface area contributed by atoms with E-state index in [4.69, 9.17) is 0 Å². The van der Waals surface area contributed by atoms with Crippen LogP contribution in [0.15, 0.2) is 83.1 Å². The van der Waals surface area contributed by atoms with Crippen molar-refractivity contribution in [3.8, 4) is 0 Å². The highest BCUT2D eigenvalue weighted by Gasteiger charge is 2.92. The summed E-state index contributed by atoms with van der Waals surface area (Å²) < 4.78 is 54.0. The van der Waals surface area contributed by atoms with Gasteiger partial charge in [-0.15, -0.1) is 6.58 Å². The molecule has 0 unspecified atom stereocenters. The fraction of sp³-hybridized carbons (Fsp3) is 0.500. The number of hydrogen-bond acceptors (Lipinski definition) is 6. The Morgan fingerprint density at radius 2 is 1.53 bits per heavy atom. The third-order valence-electron chi connectivity index (χ3n) is 11.8. The Labute approximate surface area is 223 Å². The first-order valence-corrected chi connectivity index (χ1v) is 16.7. The summed E-state index contributed by atoms with van der Waals surface area (Å²) in [4.78, 5) is 14.8. The van der Waals surface area contributed by atoms with Gasteiger partial charge in [-0.25, -0.2) is 16.8 Å². The minimum atomic E-state index is -3.93. The Kier molecular flexibility index (Phi) is 4.39. The standard InChI is InChI=1S/C30H30O6S2/c1-2-29(32)25-18(13-14-37(33,34)16-9-5-3-6-10-16)21-23-20-19-15-30(26(20)27(21)31,28(29)22(19)24(23)25)38(35,36)17-11-7-4-8-12-17/h2-12,18-26,28,32H,1,13-15H2/t18-,19-,20-,21+,22+,23-,24-,25-,26+,28-,29+,30+/m1/s1. The first-order valence-electron chi connectivity index (χ1n) is 13.6. The highest BCUT2D eigenvalue weighted by molar-refractivity contribution is 7.93. The number of benzene rings is 2. The topological polar surface area (TPSA) is 106 Å². The molecule has 6 fully saturated rings. The molecule has 0 saturated heterocycles. The average Bonchev–Trinajstić information content (AvgIpc) is 3.70. The third kappa shape index (κ3) is 2.32. The lowest BCUT2D eigenvalue weighted by Crippen LogP contribution is -2.61.